The van der Waals surface area contributed by atoms with Crippen molar-refractivity contribution in [2.45, 2.75) is 105 Å². The van der Waals surface area contributed by atoms with Gasteiger partial charge in [0.05, 0.1) is 49.7 Å². The van der Waals surface area contributed by atoms with E-state index in [0.29, 0.717) is 26.2 Å². The molecule has 0 bridgehead atoms. The van der Waals surface area contributed by atoms with Gasteiger partial charge in [0.1, 0.15) is 0 Å². The third-order valence-electron chi connectivity index (χ3n) is 9.81. The maximum absolute atomic E-state index is 12.6. The average Bonchev–Trinajstić information content (AvgIpc) is 3.39. The number of benzene rings is 2. The molecule has 2 aliphatic rings. The predicted molar refractivity (Wildman–Crippen MR) is 190 cm³/mol. The summed E-state index contributed by atoms with van der Waals surface area (Å²) in [5.74, 6) is -0.697. The first-order chi connectivity index (χ1) is 22.5. The first kappa shape index (κ1) is 39.7. The van der Waals surface area contributed by atoms with Crippen molar-refractivity contribution in [3.8, 4) is 0 Å². The van der Waals surface area contributed by atoms with E-state index < -0.39 is 36.6 Å². The van der Waals surface area contributed by atoms with Crippen LogP contribution in [0.4, 0.5) is 0 Å². The van der Waals surface area contributed by atoms with E-state index in [0.717, 1.165) is 22.1 Å². The number of nitrogens with zero attached hydrogens (tertiary/aromatic N) is 2. The largest absolute Gasteiger partial charge is 0.495 e. The molecule has 2 aromatic carbocycles. The lowest BCUT2D eigenvalue weighted by molar-refractivity contribution is -0.143. The van der Waals surface area contributed by atoms with Crippen molar-refractivity contribution in [1.82, 2.24) is 9.80 Å². The zero-order valence-electron chi connectivity index (χ0n) is 31.2. The van der Waals surface area contributed by atoms with E-state index in [-0.39, 0.29) is 25.0 Å². The Morgan fingerprint density at radius 3 is 1.17 bits per heavy atom. The molecular formula is C36H56B2N2O8. The van der Waals surface area contributed by atoms with E-state index >= 15 is 0 Å². The third-order valence-corrected chi connectivity index (χ3v) is 9.81. The molecule has 2 saturated heterocycles. The standard InChI is InChI=1S/C34H50B2N2O8.C2H6/c1-31(2)32(3,4)44-35(43-31)27-17-13-11-15-25(27)21-37(23-29(39)41-9)19-20-38(24-30(40)42-10)22-26-16-12-14-18-28(26)36-45-33(5,6)34(7,8)46-36;1-2/h11-18H,19-24H2,1-10H3;1-2H3. The van der Waals surface area contributed by atoms with Gasteiger partial charge in [-0.15, -0.1) is 0 Å². The number of ether oxygens (including phenoxy) is 2. The first-order valence-corrected chi connectivity index (χ1v) is 16.9. The molecule has 2 aromatic rings. The van der Waals surface area contributed by atoms with Crippen LogP contribution in [0.25, 0.3) is 0 Å². The number of esters is 2. The second kappa shape index (κ2) is 16.3. The summed E-state index contributed by atoms with van der Waals surface area (Å²) in [5, 5.41) is 0. The molecule has 10 nitrogen and oxygen atoms in total. The fraction of sp³-hybridized carbons (Fsp3) is 0.611. The molecule has 0 aromatic heterocycles. The summed E-state index contributed by atoms with van der Waals surface area (Å²) in [6.07, 6.45) is 0. The van der Waals surface area contributed by atoms with Crippen molar-refractivity contribution in [2.24, 2.45) is 0 Å². The van der Waals surface area contributed by atoms with Crippen LogP contribution in [0.2, 0.25) is 0 Å². The average molecular weight is 666 g/mol. The molecule has 0 unspecified atom stereocenters. The molecule has 0 radical (unpaired) electrons. The van der Waals surface area contributed by atoms with Crippen LogP contribution >= 0.6 is 0 Å². The fourth-order valence-corrected chi connectivity index (χ4v) is 5.44. The quantitative estimate of drug-likeness (QED) is 0.231. The number of methoxy groups -OCH3 is 2. The van der Waals surface area contributed by atoms with Gasteiger partial charge in [-0.2, -0.15) is 0 Å². The fourth-order valence-electron chi connectivity index (χ4n) is 5.44. The maximum atomic E-state index is 12.6. The monoisotopic (exact) mass is 666 g/mol. The molecule has 2 aliphatic heterocycles. The Bertz CT molecular complexity index is 1250. The van der Waals surface area contributed by atoms with Gasteiger partial charge in [-0.1, -0.05) is 62.4 Å². The molecule has 0 saturated carbocycles. The first-order valence-electron chi connectivity index (χ1n) is 16.9. The van der Waals surface area contributed by atoms with Crippen LogP contribution in [-0.2, 0) is 50.8 Å². The molecule has 4 rings (SSSR count). The Morgan fingerprint density at radius 2 is 0.875 bits per heavy atom. The van der Waals surface area contributed by atoms with E-state index in [1.807, 2.05) is 128 Å². The molecule has 0 aliphatic carbocycles. The zero-order chi connectivity index (χ0) is 35.9. The summed E-state index contributed by atoms with van der Waals surface area (Å²) in [5.41, 5.74) is 1.86. The number of hydrogen-bond acceptors (Lipinski definition) is 10. The van der Waals surface area contributed by atoms with Crippen molar-refractivity contribution in [3.05, 3.63) is 59.7 Å². The van der Waals surface area contributed by atoms with E-state index in [4.69, 9.17) is 28.1 Å². The summed E-state index contributed by atoms with van der Waals surface area (Å²) in [7, 11) is 1.69. The van der Waals surface area contributed by atoms with Crippen LogP contribution in [-0.4, -0.2) is 98.8 Å². The highest BCUT2D eigenvalue weighted by molar-refractivity contribution is 6.63. The van der Waals surface area contributed by atoms with Crippen molar-refractivity contribution < 1.29 is 37.7 Å². The van der Waals surface area contributed by atoms with Crippen molar-refractivity contribution >= 4 is 37.1 Å². The van der Waals surface area contributed by atoms with Gasteiger partial charge >= 0.3 is 26.2 Å². The third kappa shape index (κ3) is 9.49. The highest BCUT2D eigenvalue weighted by Gasteiger charge is 2.53. The topological polar surface area (TPSA) is 96.0 Å². The second-order valence-electron chi connectivity index (χ2n) is 14.1. The maximum Gasteiger partial charge on any atom is 0.495 e. The predicted octanol–water partition coefficient (Wildman–Crippen LogP) is 3.96. The lowest BCUT2D eigenvalue weighted by Gasteiger charge is -2.32. The Kier molecular flexibility index (Phi) is 13.5. The van der Waals surface area contributed by atoms with Gasteiger partial charge < -0.3 is 28.1 Å². The molecule has 0 amide bonds. The minimum atomic E-state index is -0.538. The van der Waals surface area contributed by atoms with Gasteiger partial charge in [-0.3, -0.25) is 19.4 Å². The Morgan fingerprint density at radius 1 is 0.583 bits per heavy atom. The summed E-state index contributed by atoms with van der Waals surface area (Å²) in [4.78, 5) is 29.1. The summed E-state index contributed by atoms with van der Waals surface area (Å²) < 4.78 is 35.5. The number of hydrogen-bond donors (Lipinski definition) is 0. The number of carbonyl (C=O) groups excluding carboxylic acids is 2. The lowest BCUT2D eigenvalue weighted by atomic mass is 9.75. The molecule has 0 spiro atoms. The highest BCUT2D eigenvalue weighted by atomic mass is 16.7. The van der Waals surface area contributed by atoms with Crippen LogP contribution < -0.4 is 10.9 Å². The summed E-state index contributed by atoms with van der Waals surface area (Å²) >= 11 is 0. The number of carbonyl (C=O) groups is 2. The highest BCUT2D eigenvalue weighted by Crippen LogP contribution is 2.37. The molecule has 48 heavy (non-hydrogen) atoms. The van der Waals surface area contributed by atoms with E-state index in [9.17, 15) is 9.59 Å². The Hall–Kier alpha value is -2.73. The van der Waals surface area contributed by atoms with Crippen molar-refractivity contribution in [2.75, 3.05) is 40.4 Å². The molecule has 0 atom stereocenters. The van der Waals surface area contributed by atoms with Gasteiger partial charge in [0.2, 0.25) is 0 Å². The van der Waals surface area contributed by atoms with Crippen LogP contribution in [0.3, 0.4) is 0 Å². The molecular weight excluding hydrogens is 610 g/mol. The van der Waals surface area contributed by atoms with Gasteiger partial charge in [-0.25, -0.2) is 0 Å². The van der Waals surface area contributed by atoms with Crippen LogP contribution in [0, 0.1) is 0 Å². The molecule has 264 valence electrons. The minimum Gasteiger partial charge on any atom is -0.468 e. The van der Waals surface area contributed by atoms with Crippen LogP contribution in [0.5, 0.6) is 0 Å². The summed E-state index contributed by atoms with van der Waals surface area (Å²) in [6, 6.07) is 15.9. The van der Waals surface area contributed by atoms with E-state index in [2.05, 4.69) is 0 Å². The van der Waals surface area contributed by atoms with E-state index in [1.165, 1.54) is 14.2 Å². The normalized spacial score (nSPS) is 18.9. The second-order valence-corrected chi connectivity index (χ2v) is 14.1. The van der Waals surface area contributed by atoms with Crippen LogP contribution in [0.15, 0.2) is 48.5 Å². The lowest BCUT2D eigenvalue weighted by Crippen LogP contribution is -2.43. The van der Waals surface area contributed by atoms with Gasteiger partial charge in [-0.05, 0) is 77.4 Å². The Labute approximate surface area is 289 Å². The molecule has 12 heteroatoms. The molecule has 2 fully saturated rings. The van der Waals surface area contributed by atoms with E-state index in [1.54, 1.807) is 0 Å². The Balaban J connectivity index is 0.00000307. The SMILES string of the molecule is CC.COC(=O)CN(CCN(CC(=O)OC)Cc1ccccc1B1OC(C)(C)C(C)(C)O1)Cc1ccccc1B1OC(C)(C)C(C)(C)O1. The minimum absolute atomic E-state index is 0.0742. The van der Waals surface area contributed by atoms with Gasteiger partial charge in [0.25, 0.3) is 0 Å². The van der Waals surface area contributed by atoms with Crippen molar-refractivity contribution in [1.29, 1.82) is 0 Å². The van der Waals surface area contributed by atoms with Crippen molar-refractivity contribution in [3.63, 3.8) is 0 Å². The molecule has 2 heterocycles. The molecule has 0 N–H and O–H groups in total. The zero-order valence-corrected chi connectivity index (χ0v) is 31.2. The summed E-state index contributed by atoms with van der Waals surface area (Å²) in [6.45, 7) is 22.2. The van der Waals surface area contributed by atoms with Gasteiger partial charge in [0.15, 0.2) is 0 Å². The van der Waals surface area contributed by atoms with Gasteiger partial charge in [0, 0.05) is 26.2 Å². The van der Waals surface area contributed by atoms with Crippen LogP contribution in [0.1, 0.15) is 80.4 Å². The number of rotatable bonds is 13. The smallest absolute Gasteiger partial charge is 0.468 e.